The van der Waals surface area contributed by atoms with Crippen LogP contribution in [0, 0.1) is 0 Å². The maximum absolute atomic E-state index is 12.5. The number of aromatic nitrogens is 4. The topological polar surface area (TPSA) is 167 Å². The Balaban J connectivity index is 1.33. The summed E-state index contributed by atoms with van der Waals surface area (Å²) < 4.78 is 34.2. The van der Waals surface area contributed by atoms with E-state index in [4.69, 9.17) is 18.5 Å². The summed E-state index contributed by atoms with van der Waals surface area (Å²) in [6, 6.07) is 0. The third-order valence-electron chi connectivity index (χ3n) is 5.79. The highest BCUT2D eigenvalue weighted by Crippen LogP contribution is 2.52. The van der Waals surface area contributed by atoms with Crippen LogP contribution in [0.4, 0.5) is 10.6 Å². The molecule has 33 heavy (non-hydrogen) atoms. The molecule has 1 aliphatic carbocycles. The molecule has 178 valence electrons. The van der Waals surface area contributed by atoms with E-state index in [1.807, 2.05) is 12.2 Å². The van der Waals surface area contributed by atoms with Crippen LogP contribution in [0.15, 0.2) is 24.8 Å². The van der Waals surface area contributed by atoms with E-state index in [2.05, 4.69) is 20.3 Å². The summed E-state index contributed by atoms with van der Waals surface area (Å²) in [6.45, 7) is -0.206. The number of imidazole rings is 1. The summed E-state index contributed by atoms with van der Waals surface area (Å²) in [5.41, 5.74) is 0.542. The third-order valence-corrected chi connectivity index (χ3v) is 6.77. The number of allylic oxidation sites excluding steroid dienone is 1. The molecule has 4 unspecified atom stereocenters. The molecule has 13 nitrogen and oxygen atoms in total. The molecule has 2 aliphatic heterocycles. The number of hydrogen-bond donors (Lipinski definition) is 3. The van der Waals surface area contributed by atoms with E-state index in [0.29, 0.717) is 0 Å². The highest BCUT2D eigenvalue weighted by Gasteiger charge is 2.52. The Morgan fingerprint density at radius 3 is 3.03 bits per heavy atom. The molecule has 4 heterocycles. The molecule has 2 saturated heterocycles. The Labute approximate surface area is 188 Å². The maximum Gasteiger partial charge on any atom is 0.472 e. The zero-order valence-corrected chi connectivity index (χ0v) is 18.4. The normalized spacial score (nSPS) is 35.4. The number of fused-ring (bicyclic) bond motifs is 2. The SMILES string of the molecule is O=C(Nc1ncnc2c1ncn2[C@@H]1OC2COP(=O)(O)OC2[C@@H]1O)OC1/C=C/CCCCC1. The van der Waals surface area contributed by atoms with E-state index >= 15 is 0 Å². The summed E-state index contributed by atoms with van der Waals surface area (Å²) in [5, 5.41) is 13.3. The second-order valence-electron chi connectivity index (χ2n) is 8.07. The molecule has 2 fully saturated rings. The second-order valence-corrected chi connectivity index (χ2v) is 9.48. The summed E-state index contributed by atoms with van der Waals surface area (Å²) in [4.78, 5) is 34.5. The lowest BCUT2D eigenvalue weighted by Gasteiger charge is -2.27. The molecule has 5 rings (SSSR count). The van der Waals surface area contributed by atoms with E-state index < -0.39 is 38.5 Å². The monoisotopic (exact) mass is 481 g/mol. The summed E-state index contributed by atoms with van der Waals surface area (Å²) in [6.07, 6.45) is 6.43. The number of phosphoric acid groups is 1. The number of phosphoric ester groups is 1. The number of aliphatic hydroxyl groups is 1. The number of amides is 1. The number of carbonyl (C=O) groups is 1. The molecular formula is C19H24N5O8P. The zero-order valence-electron chi connectivity index (χ0n) is 17.5. The predicted octanol–water partition coefficient (Wildman–Crippen LogP) is 2.04. The molecule has 0 aromatic carbocycles. The predicted molar refractivity (Wildman–Crippen MR) is 112 cm³/mol. The molecule has 0 bridgehead atoms. The second kappa shape index (κ2) is 9.09. The summed E-state index contributed by atoms with van der Waals surface area (Å²) >= 11 is 0. The molecule has 3 aliphatic rings. The van der Waals surface area contributed by atoms with Crippen LogP contribution in [0.25, 0.3) is 11.2 Å². The van der Waals surface area contributed by atoms with Gasteiger partial charge in [-0.05, 0) is 31.8 Å². The van der Waals surface area contributed by atoms with Crippen molar-refractivity contribution in [1.82, 2.24) is 19.5 Å². The number of aliphatic hydroxyl groups excluding tert-OH is 1. The first kappa shape index (κ1) is 22.4. The van der Waals surface area contributed by atoms with E-state index in [0.717, 1.165) is 32.1 Å². The minimum atomic E-state index is -4.25. The minimum Gasteiger partial charge on any atom is -0.442 e. The average Bonchev–Trinajstić information content (AvgIpc) is 3.31. The van der Waals surface area contributed by atoms with Crippen LogP contribution in [0.3, 0.4) is 0 Å². The van der Waals surface area contributed by atoms with Gasteiger partial charge in [0.1, 0.15) is 30.7 Å². The summed E-state index contributed by atoms with van der Waals surface area (Å²) in [5.74, 6) is 0.142. The lowest BCUT2D eigenvalue weighted by atomic mass is 10.0. The number of ether oxygens (including phenoxy) is 2. The van der Waals surface area contributed by atoms with Gasteiger partial charge in [-0.3, -0.25) is 18.9 Å². The van der Waals surface area contributed by atoms with Crippen LogP contribution in [0.2, 0.25) is 0 Å². The van der Waals surface area contributed by atoms with E-state index in [-0.39, 0.29) is 29.7 Å². The van der Waals surface area contributed by atoms with Crippen LogP contribution in [-0.2, 0) is 23.1 Å². The summed E-state index contributed by atoms with van der Waals surface area (Å²) in [7, 11) is -4.25. The number of carbonyl (C=O) groups excluding carboxylic acids is 1. The molecule has 0 radical (unpaired) electrons. The number of rotatable bonds is 3. The zero-order chi connectivity index (χ0) is 23.0. The van der Waals surface area contributed by atoms with Crippen LogP contribution in [0.1, 0.15) is 38.3 Å². The first-order valence-corrected chi connectivity index (χ1v) is 12.2. The Morgan fingerprint density at radius 2 is 2.15 bits per heavy atom. The number of nitrogens with zero attached hydrogens (tertiary/aromatic N) is 4. The lowest BCUT2D eigenvalue weighted by Crippen LogP contribution is -2.39. The van der Waals surface area contributed by atoms with Gasteiger partial charge in [0.15, 0.2) is 23.2 Å². The van der Waals surface area contributed by atoms with Crippen molar-refractivity contribution in [3.05, 3.63) is 24.8 Å². The Morgan fingerprint density at radius 1 is 1.27 bits per heavy atom. The smallest absolute Gasteiger partial charge is 0.442 e. The van der Waals surface area contributed by atoms with Gasteiger partial charge in [0.05, 0.1) is 12.9 Å². The third kappa shape index (κ3) is 4.65. The van der Waals surface area contributed by atoms with Crippen LogP contribution < -0.4 is 5.32 Å². The van der Waals surface area contributed by atoms with Gasteiger partial charge in [-0.15, -0.1) is 0 Å². The molecule has 3 N–H and O–H groups in total. The van der Waals surface area contributed by atoms with Crippen molar-refractivity contribution in [1.29, 1.82) is 0 Å². The van der Waals surface area contributed by atoms with Gasteiger partial charge in [0.2, 0.25) is 0 Å². The molecule has 6 atom stereocenters. The van der Waals surface area contributed by atoms with Crippen molar-refractivity contribution in [2.24, 2.45) is 0 Å². The molecule has 2 aromatic rings. The van der Waals surface area contributed by atoms with Gasteiger partial charge in [0.25, 0.3) is 0 Å². The number of anilines is 1. The van der Waals surface area contributed by atoms with Crippen molar-refractivity contribution < 1.29 is 37.9 Å². The largest absolute Gasteiger partial charge is 0.472 e. The highest BCUT2D eigenvalue weighted by atomic mass is 31.2. The Hall–Kier alpha value is -2.41. The van der Waals surface area contributed by atoms with E-state index in [1.54, 1.807) is 0 Å². The van der Waals surface area contributed by atoms with Gasteiger partial charge in [0, 0.05) is 0 Å². The van der Waals surface area contributed by atoms with Crippen LogP contribution in [-0.4, -0.2) is 66.6 Å². The Kier molecular flexibility index (Phi) is 6.16. The van der Waals surface area contributed by atoms with E-state index in [9.17, 15) is 19.4 Å². The minimum absolute atomic E-state index is 0.142. The number of nitrogens with one attached hydrogen (secondary N) is 1. The maximum atomic E-state index is 12.5. The van der Waals surface area contributed by atoms with Gasteiger partial charge >= 0.3 is 13.9 Å². The quantitative estimate of drug-likeness (QED) is 0.433. The fourth-order valence-corrected chi connectivity index (χ4v) is 5.15. The van der Waals surface area contributed by atoms with Crippen molar-refractivity contribution in [2.75, 3.05) is 11.9 Å². The highest BCUT2D eigenvalue weighted by molar-refractivity contribution is 7.47. The molecular weight excluding hydrogens is 457 g/mol. The molecule has 0 spiro atoms. The van der Waals surface area contributed by atoms with Crippen LogP contribution in [0.5, 0.6) is 0 Å². The van der Waals surface area contributed by atoms with Crippen molar-refractivity contribution in [3.8, 4) is 0 Å². The molecule has 2 aromatic heterocycles. The van der Waals surface area contributed by atoms with Gasteiger partial charge in [-0.1, -0.05) is 12.5 Å². The molecule has 0 saturated carbocycles. The molecule has 1 amide bonds. The first-order valence-electron chi connectivity index (χ1n) is 10.7. The fraction of sp³-hybridized carbons (Fsp3) is 0.579. The first-order chi connectivity index (χ1) is 15.9. The van der Waals surface area contributed by atoms with Gasteiger partial charge in [-0.25, -0.2) is 24.3 Å². The lowest BCUT2D eigenvalue weighted by molar-refractivity contribution is -0.0664. The van der Waals surface area contributed by atoms with Crippen LogP contribution >= 0.6 is 7.82 Å². The molecule has 14 heteroatoms. The number of hydrogen-bond acceptors (Lipinski definition) is 10. The fourth-order valence-electron chi connectivity index (χ4n) is 4.19. The van der Waals surface area contributed by atoms with Gasteiger partial charge in [-0.2, -0.15) is 0 Å². The van der Waals surface area contributed by atoms with E-state index in [1.165, 1.54) is 17.2 Å². The van der Waals surface area contributed by atoms with Crippen molar-refractivity contribution in [2.45, 2.75) is 62.7 Å². The van der Waals surface area contributed by atoms with Crippen molar-refractivity contribution >= 4 is 30.9 Å². The van der Waals surface area contributed by atoms with Crippen molar-refractivity contribution in [3.63, 3.8) is 0 Å². The van der Waals surface area contributed by atoms with Gasteiger partial charge < -0.3 is 19.5 Å². The standard InChI is InChI=1S/C19H24N5O8P/c25-14-15-12(8-29-33(27,28)32-15)31-18(14)24-10-22-13-16(20-9-21-17(13)24)23-19(26)30-11-6-4-2-1-3-5-7-11/h4,6,9-12,14-15,18,25H,1-3,5,7-8H2,(H,27,28)(H,20,21,23,26)/b6-4+/t11?,12?,14-,15?,18+/m0/s1. The average molecular weight is 481 g/mol. The Bertz CT molecular complexity index is 1110.